The van der Waals surface area contributed by atoms with E-state index in [1.54, 1.807) is 5.70 Å². The van der Waals surface area contributed by atoms with Gasteiger partial charge in [-0.15, -0.1) is 0 Å². The molecule has 0 aromatic rings. The van der Waals surface area contributed by atoms with Crippen LogP contribution in [0.4, 0.5) is 0 Å². The molecular formula is C19H35N3S2. The molecule has 0 aromatic heterocycles. The van der Waals surface area contributed by atoms with Crippen LogP contribution >= 0.6 is 22.2 Å². The molecule has 0 aromatic carbocycles. The van der Waals surface area contributed by atoms with Gasteiger partial charge in [-0.2, -0.15) is 10.2 Å². The number of rotatable bonds is 8. The summed E-state index contributed by atoms with van der Waals surface area (Å²) in [7, 11) is -0.890. The van der Waals surface area contributed by atoms with Crippen molar-refractivity contribution in [2.45, 2.75) is 50.7 Å². The monoisotopic (exact) mass is 369 g/mol. The maximum Gasteiger partial charge on any atom is 0.0610 e. The maximum atomic E-state index is 3.87. The highest BCUT2D eigenvalue weighted by Gasteiger charge is 2.35. The van der Waals surface area contributed by atoms with Crippen LogP contribution in [0, 0.1) is 0 Å². The molecule has 3 aliphatic rings. The highest BCUT2D eigenvalue weighted by atomic mass is 32.3. The van der Waals surface area contributed by atoms with Crippen molar-refractivity contribution < 1.29 is 0 Å². The first-order chi connectivity index (χ1) is 11.6. The molecule has 3 rings (SSSR count). The van der Waals surface area contributed by atoms with Gasteiger partial charge < -0.3 is 9.80 Å². The minimum Gasteiger partial charge on any atom is -0.374 e. The van der Waals surface area contributed by atoms with Crippen LogP contribution in [0.15, 0.2) is 23.5 Å². The molecule has 0 radical (unpaired) electrons. The number of hydrogen-bond acceptors (Lipinski definition) is 4. The number of nitrogens with one attached hydrogen (secondary N) is 1. The fourth-order valence-corrected chi connectivity index (χ4v) is 7.57. The molecular weight excluding hydrogens is 334 g/mol. The van der Waals surface area contributed by atoms with Gasteiger partial charge in [-0.05, 0) is 56.8 Å². The zero-order valence-electron chi connectivity index (χ0n) is 15.7. The van der Waals surface area contributed by atoms with Crippen molar-refractivity contribution >= 4 is 22.2 Å². The van der Waals surface area contributed by atoms with E-state index < -0.39 is 10.2 Å². The average Bonchev–Trinajstić information content (AvgIpc) is 3.31. The van der Waals surface area contributed by atoms with Gasteiger partial charge in [0.2, 0.25) is 0 Å². The smallest absolute Gasteiger partial charge is 0.0610 e. The standard InChI is InChI=1S/C19H35N3S2/c1-4-5-14-23-20-24(2,3)19-16-17(21-10-6-7-11-21)15-18(19)22-12-8-9-13-22/h15-16,19-20H,4-14H2,1-3H3. The Hall–Kier alpha value is -0.260. The Balaban J connectivity index is 1.72. The van der Waals surface area contributed by atoms with Gasteiger partial charge in [0.05, 0.1) is 5.25 Å². The summed E-state index contributed by atoms with van der Waals surface area (Å²) in [6.07, 6.45) is 18.1. The molecule has 1 atom stereocenters. The molecule has 138 valence electrons. The van der Waals surface area contributed by atoms with Crippen LogP contribution in [-0.4, -0.2) is 59.5 Å². The molecule has 3 nitrogen and oxygen atoms in total. The lowest BCUT2D eigenvalue weighted by atomic mass is 10.3. The number of hydrogen-bond donors (Lipinski definition) is 1. The first-order valence-corrected chi connectivity index (χ1v) is 13.2. The van der Waals surface area contributed by atoms with E-state index in [0.29, 0.717) is 5.25 Å². The van der Waals surface area contributed by atoms with Crippen LogP contribution in [0.2, 0.25) is 0 Å². The van der Waals surface area contributed by atoms with Crippen LogP contribution in [0.1, 0.15) is 45.4 Å². The first kappa shape index (κ1) is 18.5. The molecule has 2 saturated heterocycles. The lowest BCUT2D eigenvalue weighted by Gasteiger charge is -2.41. The zero-order valence-corrected chi connectivity index (χ0v) is 17.4. The number of allylic oxidation sites excluding steroid dienone is 1. The van der Waals surface area contributed by atoms with Crippen molar-refractivity contribution in [2.75, 3.05) is 44.4 Å². The number of unbranched alkanes of at least 4 members (excludes halogenated alkanes) is 1. The predicted octanol–water partition coefficient (Wildman–Crippen LogP) is 4.35. The molecule has 1 N–H and O–H groups in total. The highest BCUT2D eigenvalue weighted by molar-refractivity contribution is 8.36. The summed E-state index contributed by atoms with van der Waals surface area (Å²) in [6.45, 7) is 7.27. The van der Waals surface area contributed by atoms with Gasteiger partial charge in [0.1, 0.15) is 0 Å². The van der Waals surface area contributed by atoms with Crippen molar-refractivity contribution in [1.29, 1.82) is 0 Å². The van der Waals surface area contributed by atoms with E-state index in [2.05, 4.69) is 45.5 Å². The van der Waals surface area contributed by atoms with Crippen molar-refractivity contribution in [1.82, 2.24) is 13.9 Å². The van der Waals surface area contributed by atoms with Gasteiger partial charge >= 0.3 is 0 Å². The summed E-state index contributed by atoms with van der Waals surface area (Å²) in [4.78, 5) is 5.27. The van der Waals surface area contributed by atoms with E-state index in [-0.39, 0.29) is 0 Å². The van der Waals surface area contributed by atoms with Gasteiger partial charge in [0, 0.05) is 43.3 Å². The van der Waals surface area contributed by atoms with Crippen LogP contribution in [-0.2, 0) is 0 Å². The summed E-state index contributed by atoms with van der Waals surface area (Å²) in [5.74, 6) is 1.23. The molecule has 0 saturated carbocycles. The molecule has 24 heavy (non-hydrogen) atoms. The van der Waals surface area contributed by atoms with Crippen LogP contribution < -0.4 is 4.13 Å². The lowest BCUT2D eigenvalue weighted by molar-refractivity contribution is 0.418. The third-order valence-electron chi connectivity index (χ3n) is 5.36. The van der Waals surface area contributed by atoms with Crippen LogP contribution in [0.3, 0.4) is 0 Å². The predicted molar refractivity (Wildman–Crippen MR) is 112 cm³/mol. The minimum absolute atomic E-state index is 0.570. The molecule has 5 heteroatoms. The average molecular weight is 370 g/mol. The third kappa shape index (κ3) is 4.28. The SMILES string of the molecule is CCCCSNS(C)(C)C1C=C(N2CCCC2)C=C1N1CCCC1. The fourth-order valence-electron chi connectivity index (χ4n) is 3.87. The van der Waals surface area contributed by atoms with Crippen molar-refractivity contribution in [2.24, 2.45) is 0 Å². The summed E-state index contributed by atoms with van der Waals surface area (Å²) < 4.78 is 3.87. The summed E-state index contributed by atoms with van der Waals surface area (Å²) in [5, 5.41) is 0.570. The zero-order chi connectivity index (χ0) is 17.0. The van der Waals surface area contributed by atoms with Crippen molar-refractivity contribution in [3.05, 3.63) is 23.5 Å². The van der Waals surface area contributed by atoms with Gasteiger partial charge in [-0.25, -0.2) is 4.13 Å². The second kappa shape index (κ2) is 8.41. The summed E-state index contributed by atoms with van der Waals surface area (Å²) >= 11 is 1.95. The molecule has 2 heterocycles. The Bertz CT molecular complexity index is 475. The van der Waals surface area contributed by atoms with E-state index in [1.807, 2.05) is 11.9 Å². The fraction of sp³-hybridized carbons (Fsp3) is 0.789. The van der Waals surface area contributed by atoms with Crippen LogP contribution in [0.25, 0.3) is 0 Å². The van der Waals surface area contributed by atoms with Crippen molar-refractivity contribution in [3.63, 3.8) is 0 Å². The lowest BCUT2D eigenvalue weighted by Crippen LogP contribution is -2.32. The van der Waals surface area contributed by atoms with Gasteiger partial charge in [-0.3, -0.25) is 0 Å². The number of likely N-dealkylation sites (tertiary alicyclic amines) is 2. The van der Waals surface area contributed by atoms with Crippen molar-refractivity contribution in [3.8, 4) is 0 Å². The molecule has 0 amide bonds. The quantitative estimate of drug-likeness (QED) is 0.506. The van der Waals surface area contributed by atoms with E-state index in [4.69, 9.17) is 0 Å². The van der Waals surface area contributed by atoms with E-state index >= 15 is 0 Å². The second-order valence-electron chi connectivity index (χ2n) is 7.66. The Morgan fingerprint density at radius 1 is 1.08 bits per heavy atom. The molecule has 0 spiro atoms. The maximum absolute atomic E-state index is 3.87. The minimum atomic E-state index is -0.890. The Kier molecular flexibility index (Phi) is 6.50. The molecule has 1 unspecified atom stereocenters. The normalized spacial score (nSPS) is 25.4. The Morgan fingerprint density at radius 3 is 2.33 bits per heavy atom. The molecule has 1 aliphatic carbocycles. The molecule has 2 fully saturated rings. The Labute approximate surface area is 154 Å². The molecule has 2 aliphatic heterocycles. The van der Waals surface area contributed by atoms with Gasteiger partial charge in [-0.1, -0.05) is 25.3 Å². The number of nitrogens with zero attached hydrogens (tertiary/aromatic N) is 2. The largest absolute Gasteiger partial charge is 0.374 e. The van der Waals surface area contributed by atoms with E-state index in [0.717, 1.165) is 0 Å². The van der Waals surface area contributed by atoms with Gasteiger partial charge in [0.25, 0.3) is 0 Å². The van der Waals surface area contributed by atoms with E-state index in [9.17, 15) is 0 Å². The Morgan fingerprint density at radius 2 is 1.71 bits per heavy atom. The first-order valence-electron chi connectivity index (χ1n) is 9.66. The van der Waals surface area contributed by atoms with E-state index in [1.165, 1.54) is 76.2 Å². The molecule has 0 bridgehead atoms. The third-order valence-corrected chi connectivity index (χ3v) is 9.69. The summed E-state index contributed by atoms with van der Waals surface area (Å²) in [5.41, 5.74) is 3.10. The highest BCUT2D eigenvalue weighted by Crippen LogP contribution is 2.51. The summed E-state index contributed by atoms with van der Waals surface area (Å²) in [6, 6.07) is 0. The van der Waals surface area contributed by atoms with Crippen LogP contribution in [0.5, 0.6) is 0 Å². The topological polar surface area (TPSA) is 18.5 Å². The van der Waals surface area contributed by atoms with Gasteiger partial charge in [0.15, 0.2) is 0 Å². The second-order valence-corrected chi connectivity index (χ2v) is 12.3.